The van der Waals surface area contributed by atoms with Crippen LogP contribution in [0.1, 0.15) is 15.4 Å². The van der Waals surface area contributed by atoms with Crippen molar-refractivity contribution in [3.63, 3.8) is 0 Å². The average molecular weight is 262 g/mol. The molecule has 0 radical (unpaired) electrons. The number of aromatic nitrogens is 1. The van der Waals surface area contributed by atoms with E-state index in [2.05, 4.69) is 17.2 Å². The van der Waals surface area contributed by atoms with Crippen molar-refractivity contribution in [2.75, 3.05) is 6.79 Å². The molecule has 0 unspecified atom stereocenters. The van der Waals surface area contributed by atoms with E-state index in [-0.39, 0.29) is 0 Å². The van der Waals surface area contributed by atoms with Gasteiger partial charge in [-0.1, -0.05) is 12.1 Å². The summed E-state index contributed by atoms with van der Waals surface area (Å²) in [7, 11) is 0. The highest BCUT2D eigenvalue weighted by atomic mass is 32.1. The maximum Gasteiger partial charge on any atom is 0.231 e. The van der Waals surface area contributed by atoms with Crippen molar-refractivity contribution in [3.8, 4) is 11.5 Å². The lowest BCUT2D eigenvalue weighted by Gasteiger charge is -2.06. The van der Waals surface area contributed by atoms with Gasteiger partial charge in [0.1, 0.15) is 5.01 Å². The van der Waals surface area contributed by atoms with Crippen molar-refractivity contribution < 1.29 is 9.47 Å². The maximum absolute atomic E-state index is 5.46. The summed E-state index contributed by atoms with van der Waals surface area (Å²) in [6, 6.07) is 5.96. The Balaban J connectivity index is 1.62. The summed E-state index contributed by atoms with van der Waals surface area (Å²) in [5.74, 6) is 1.69. The molecule has 0 amide bonds. The first-order valence-corrected chi connectivity index (χ1v) is 6.64. The monoisotopic (exact) mass is 262 g/mol. The average Bonchev–Trinajstić information content (AvgIpc) is 2.98. The van der Waals surface area contributed by atoms with Gasteiger partial charge in [-0.15, -0.1) is 11.3 Å². The molecule has 0 atom stereocenters. The molecule has 1 aromatic heterocycles. The van der Waals surface area contributed by atoms with Gasteiger partial charge in [0.15, 0.2) is 11.5 Å². The van der Waals surface area contributed by atoms with E-state index >= 15 is 0 Å². The van der Waals surface area contributed by atoms with E-state index in [9.17, 15) is 0 Å². The van der Waals surface area contributed by atoms with Crippen molar-refractivity contribution in [3.05, 3.63) is 39.8 Å². The molecule has 1 aromatic carbocycles. The summed E-state index contributed by atoms with van der Waals surface area (Å²) in [6.45, 7) is 3.92. The molecule has 5 heteroatoms. The third-order valence-corrected chi connectivity index (χ3v) is 3.65. The molecule has 0 aliphatic carbocycles. The second-order valence-corrected chi connectivity index (χ2v) is 5.44. The third-order valence-electron chi connectivity index (χ3n) is 2.74. The van der Waals surface area contributed by atoms with Crippen LogP contribution in [0.25, 0.3) is 0 Å². The zero-order valence-corrected chi connectivity index (χ0v) is 10.9. The van der Waals surface area contributed by atoms with E-state index in [0.717, 1.165) is 35.2 Å². The molecule has 94 valence electrons. The van der Waals surface area contributed by atoms with Crippen LogP contribution in [0.5, 0.6) is 11.5 Å². The molecule has 4 nitrogen and oxygen atoms in total. The SMILES string of the molecule is Cc1cnc(CNCc2cccc3c2OCO3)s1. The number of fused-ring (bicyclic) bond motifs is 1. The van der Waals surface area contributed by atoms with Gasteiger partial charge in [-0.3, -0.25) is 0 Å². The lowest BCUT2D eigenvalue weighted by molar-refractivity contribution is 0.173. The van der Waals surface area contributed by atoms with Crippen LogP contribution in [0, 0.1) is 6.92 Å². The van der Waals surface area contributed by atoms with E-state index in [0.29, 0.717) is 6.79 Å². The number of para-hydroxylation sites is 1. The van der Waals surface area contributed by atoms with Crippen LogP contribution < -0.4 is 14.8 Å². The van der Waals surface area contributed by atoms with E-state index < -0.39 is 0 Å². The maximum atomic E-state index is 5.46. The molecule has 0 saturated carbocycles. The van der Waals surface area contributed by atoms with Crippen molar-refractivity contribution >= 4 is 11.3 Å². The Hall–Kier alpha value is -1.59. The number of rotatable bonds is 4. The van der Waals surface area contributed by atoms with Crippen molar-refractivity contribution in [2.24, 2.45) is 0 Å². The second kappa shape index (κ2) is 4.96. The van der Waals surface area contributed by atoms with E-state index in [1.54, 1.807) is 11.3 Å². The van der Waals surface area contributed by atoms with Crippen LogP contribution in [0.3, 0.4) is 0 Å². The number of hydrogen-bond acceptors (Lipinski definition) is 5. The van der Waals surface area contributed by atoms with Gasteiger partial charge >= 0.3 is 0 Å². The quantitative estimate of drug-likeness (QED) is 0.919. The molecule has 0 bridgehead atoms. The predicted molar refractivity (Wildman–Crippen MR) is 70.0 cm³/mol. The Morgan fingerprint density at radius 1 is 1.33 bits per heavy atom. The topological polar surface area (TPSA) is 43.4 Å². The zero-order chi connectivity index (χ0) is 12.4. The molecule has 0 saturated heterocycles. The summed E-state index contributed by atoms with van der Waals surface area (Å²) in [5.41, 5.74) is 1.12. The van der Waals surface area contributed by atoms with E-state index in [1.165, 1.54) is 4.88 Å². The number of nitrogens with zero attached hydrogens (tertiary/aromatic N) is 1. The minimum atomic E-state index is 0.317. The summed E-state index contributed by atoms with van der Waals surface area (Å²) in [6.07, 6.45) is 1.90. The molecule has 1 aliphatic heterocycles. The number of hydrogen-bond donors (Lipinski definition) is 1. The fourth-order valence-corrected chi connectivity index (χ4v) is 2.67. The highest BCUT2D eigenvalue weighted by Crippen LogP contribution is 2.35. The van der Waals surface area contributed by atoms with Gasteiger partial charge < -0.3 is 14.8 Å². The van der Waals surface area contributed by atoms with Gasteiger partial charge in [-0.05, 0) is 13.0 Å². The molecular weight excluding hydrogens is 248 g/mol. The van der Waals surface area contributed by atoms with Crippen LogP contribution in [0.15, 0.2) is 24.4 Å². The minimum Gasteiger partial charge on any atom is -0.454 e. The molecule has 18 heavy (non-hydrogen) atoms. The van der Waals surface area contributed by atoms with Crippen LogP contribution in [0.2, 0.25) is 0 Å². The Morgan fingerprint density at radius 2 is 2.28 bits per heavy atom. The molecule has 2 aromatic rings. The van der Waals surface area contributed by atoms with Crippen LogP contribution in [-0.4, -0.2) is 11.8 Å². The first-order chi connectivity index (χ1) is 8.83. The predicted octanol–water partition coefficient (Wildman–Crippen LogP) is 2.47. The molecule has 2 heterocycles. The highest BCUT2D eigenvalue weighted by molar-refractivity contribution is 7.11. The number of ether oxygens (including phenoxy) is 2. The van der Waals surface area contributed by atoms with Crippen LogP contribution in [0.4, 0.5) is 0 Å². The number of thiazole rings is 1. The number of benzene rings is 1. The van der Waals surface area contributed by atoms with Gasteiger partial charge in [0.2, 0.25) is 6.79 Å². The first-order valence-electron chi connectivity index (χ1n) is 5.82. The molecule has 0 spiro atoms. The van der Waals surface area contributed by atoms with E-state index in [1.807, 2.05) is 24.4 Å². The van der Waals surface area contributed by atoms with Crippen LogP contribution in [-0.2, 0) is 13.1 Å². The van der Waals surface area contributed by atoms with Crippen molar-refractivity contribution in [1.82, 2.24) is 10.3 Å². The molecule has 0 fully saturated rings. The van der Waals surface area contributed by atoms with Crippen molar-refractivity contribution in [2.45, 2.75) is 20.0 Å². The highest BCUT2D eigenvalue weighted by Gasteiger charge is 2.16. The van der Waals surface area contributed by atoms with Gasteiger partial charge in [0, 0.05) is 29.7 Å². The van der Waals surface area contributed by atoms with Gasteiger partial charge in [-0.2, -0.15) is 0 Å². The summed E-state index contributed by atoms with van der Waals surface area (Å²) >= 11 is 1.72. The minimum absolute atomic E-state index is 0.317. The lowest BCUT2D eigenvalue weighted by atomic mass is 10.2. The molecule has 1 aliphatic rings. The summed E-state index contributed by atoms with van der Waals surface area (Å²) < 4.78 is 10.8. The Morgan fingerprint density at radius 3 is 3.11 bits per heavy atom. The second-order valence-electron chi connectivity index (χ2n) is 4.12. The normalized spacial score (nSPS) is 12.9. The van der Waals surface area contributed by atoms with Crippen LogP contribution >= 0.6 is 11.3 Å². The Bertz CT molecular complexity index is 554. The number of aryl methyl sites for hydroxylation is 1. The standard InChI is InChI=1S/C13H14N2O2S/c1-9-5-15-12(18-9)7-14-6-10-3-2-4-11-13(10)17-8-16-11/h2-5,14H,6-8H2,1H3. The fraction of sp³-hybridized carbons (Fsp3) is 0.308. The third kappa shape index (κ3) is 2.32. The summed E-state index contributed by atoms with van der Waals surface area (Å²) in [5, 5.41) is 4.48. The first kappa shape index (κ1) is 11.5. The summed E-state index contributed by atoms with van der Waals surface area (Å²) in [4.78, 5) is 5.56. The zero-order valence-electron chi connectivity index (χ0n) is 10.1. The smallest absolute Gasteiger partial charge is 0.231 e. The Kier molecular flexibility index (Phi) is 3.17. The molecule has 3 rings (SSSR count). The Labute approximate surface area is 110 Å². The molecule has 1 N–H and O–H groups in total. The van der Waals surface area contributed by atoms with Gasteiger partial charge in [-0.25, -0.2) is 4.98 Å². The van der Waals surface area contributed by atoms with E-state index in [4.69, 9.17) is 9.47 Å². The molecular formula is C13H14N2O2S. The van der Waals surface area contributed by atoms with Crippen molar-refractivity contribution in [1.29, 1.82) is 0 Å². The fourth-order valence-electron chi connectivity index (χ4n) is 1.92. The number of nitrogens with one attached hydrogen (secondary N) is 1. The van der Waals surface area contributed by atoms with Gasteiger partial charge in [0.05, 0.1) is 0 Å². The van der Waals surface area contributed by atoms with Gasteiger partial charge in [0.25, 0.3) is 0 Å². The lowest BCUT2D eigenvalue weighted by Crippen LogP contribution is -2.12. The largest absolute Gasteiger partial charge is 0.454 e.